The van der Waals surface area contributed by atoms with E-state index in [0.717, 1.165) is 22.6 Å². The van der Waals surface area contributed by atoms with Gasteiger partial charge >= 0.3 is 0 Å². The van der Waals surface area contributed by atoms with Crippen LogP contribution in [0.5, 0.6) is 5.75 Å². The minimum atomic E-state index is 0.405. The molecule has 0 radical (unpaired) electrons. The Morgan fingerprint density at radius 1 is 1.38 bits per heavy atom. The van der Waals surface area contributed by atoms with E-state index in [2.05, 4.69) is 51.8 Å². The van der Waals surface area contributed by atoms with Crippen LogP contribution in [0.4, 0.5) is 0 Å². The van der Waals surface area contributed by atoms with E-state index in [1.54, 1.807) is 7.11 Å². The van der Waals surface area contributed by atoms with Gasteiger partial charge in [0.05, 0.1) is 7.11 Å². The highest BCUT2D eigenvalue weighted by atomic mass is 79.9. The molecule has 1 aromatic carbocycles. The molecule has 0 aliphatic carbocycles. The summed E-state index contributed by atoms with van der Waals surface area (Å²) < 4.78 is 6.30. The zero-order valence-corrected chi connectivity index (χ0v) is 13.1. The highest BCUT2D eigenvalue weighted by Crippen LogP contribution is 2.36. The summed E-state index contributed by atoms with van der Waals surface area (Å²) in [5.41, 5.74) is 1.29. The van der Waals surface area contributed by atoms with Crippen molar-refractivity contribution in [1.82, 2.24) is 0 Å². The number of methoxy groups -OCH3 is 1. The lowest BCUT2D eigenvalue weighted by atomic mass is 9.99. The summed E-state index contributed by atoms with van der Waals surface area (Å²) in [5.74, 6) is 1.62. The van der Waals surface area contributed by atoms with Crippen molar-refractivity contribution in [3.63, 3.8) is 0 Å². The fourth-order valence-corrected chi connectivity index (χ4v) is 3.51. The number of benzene rings is 1. The first-order chi connectivity index (χ1) is 7.58. The van der Waals surface area contributed by atoms with Gasteiger partial charge in [-0.3, -0.25) is 0 Å². The SMILES string of the molecule is CCC(C)CC(Br)c1ccc(OC)cc1Br. The Kier molecular flexibility index (Phi) is 5.84. The van der Waals surface area contributed by atoms with Crippen LogP contribution in [0.25, 0.3) is 0 Å². The molecule has 0 fully saturated rings. The van der Waals surface area contributed by atoms with Gasteiger partial charge in [-0.1, -0.05) is 58.2 Å². The third-order valence-corrected chi connectivity index (χ3v) is 4.41. The number of rotatable bonds is 5. The van der Waals surface area contributed by atoms with E-state index in [1.807, 2.05) is 12.1 Å². The van der Waals surface area contributed by atoms with Crippen molar-refractivity contribution in [2.45, 2.75) is 31.5 Å². The maximum atomic E-state index is 5.19. The zero-order valence-electron chi connectivity index (χ0n) is 9.97. The molecule has 0 N–H and O–H groups in total. The molecule has 1 nitrogen and oxygen atoms in total. The molecule has 0 aliphatic rings. The molecular formula is C13H18Br2O. The standard InChI is InChI=1S/C13H18Br2O/c1-4-9(2)7-12(14)11-6-5-10(16-3)8-13(11)15/h5-6,8-9,12H,4,7H2,1-3H3. The maximum Gasteiger partial charge on any atom is 0.120 e. The van der Waals surface area contributed by atoms with Crippen LogP contribution >= 0.6 is 31.9 Å². The Balaban J connectivity index is 2.79. The molecule has 1 aromatic rings. The molecule has 2 atom stereocenters. The highest BCUT2D eigenvalue weighted by Gasteiger charge is 2.14. The summed E-state index contributed by atoms with van der Waals surface area (Å²) in [4.78, 5) is 0.405. The second kappa shape index (κ2) is 6.65. The molecule has 0 bridgehead atoms. The van der Waals surface area contributed by atoms with Gasteiger partial charge in [-0.2, -0.15) is 0 Å². The molecule has 1 rings (SSSR count). The minimum Gasteiger partial charge on any atom is -0.497 e. The van der Waals surface area contributed by atoms with E-state index in [1.165, 1.54) is 12.0 Å². The number of halogens is 2. The Bertz CT molecular complexity index is 339. The van der Waals surface area contributed by atoms with Crippen LogP contribution in [0.2, 0.25) is 0 Å². The smallest absolute Gasteiger partial charge is 0.120 e. The van der Waals surface area contributed by atoms with Gasteiger partial charge in [-0.25, -0.2) is 0 Å². The second-order valence-corrected chi connectivity index (χ2v) is 6.06. The summed E-state index contributed by atoms with van der Waals surface area (Å²) in [6.45, 7) is 4.51. The third kappa shape index (κ3) is 3.77. The van der Waals surface area contributed by atoms with Crippen LogP contribution in [0, 0.1) is 5.92 Å². The molecule has 0 saturated carbocycles. The minimum absolute atomic E-state index is 0.405. The molecule has 0 spiro atoms. The lowest BCUT2D eigenvalue weighted by molar-refractivity contribution is 0.414. The molecule has 0 aliphatic heterocycles. The van der Waals surface area contributed by atoms with Crippen molar-refractivity contribution in [2.75, 3.05) is 7.11 Å². The van der Waals surface area contributed by atoms with Crippen molar-refractivity contribution in [3.8, 4) is 5.75 Å². The van der Waals surface area contributed by atoms with Gasteiger partial charge in [0.2, 0.25) is 0 Å². The molecule has 0 aromatic heterocycles. The molecule has 16 heavy (non-hydrogen) atoms. The molecule has 0 saturated heterocycles. The van der Waals surface area contributed by atoms with Gasteiger partial charge in [0.15, 0.2) is 0 Å². The zero-order chi connectivity index (χ0) is 12.1. The van der Waals surface area contributed by atoms with Crippen LogP contribution in [0.15, 0.2) is 22.7 Å². The van der Waals surface area contributed by atoms with Crippen molar-refractivity contribution in [2.24, 2.45) is 5.92 Å². The van der Waals surface area contributed by atoms with Crippen molar-refractivity contribution in [3.05, 3.63) is 28.2 Å². The average molecular weight is 350 g/mol. The van der Waals surface area contributed by atoms with E-state index < -0.39 is 0 Å². The molecule has 0 heterocycles. The van der Waals surface area contributed by atoms with Gasteiger partial charge in [-0.05, 0) is 30.0 Å². The summed E-state index contributed by atoms with van der Waals surface area (Å²) in [6.07, 6.45) is 2.37. The lowest BCUT2D eigenvalue weighted by Crippen LogP contribution is -1.99. The monoisotopic (exact) mass is 348 g/mol. The van der Waals surface area contributed by atoms with Crippen LogP contribution in [0.3, 0.4) is 0 Å². The quantitative estimate of drug-likeness (QED) is 0.653. The first kappa shape index (κ1) is 14.0. The van der Waals surface area contributed by atoms with Crippen LogP contribution in [0.1, 0.15) is 37.1 Å². The third-order valence-electron chi connectivity index (χ3n) is 2.85. The van der Waals surface area contributed by atoms with E-state index in [0.29, 0.717) is 4.83 Å². The first-order valence-electron chi connectivity index (χ1n) is 5.56. The Morgan fingerprint density at radius 2 is 2.06 bits per heavy atom. The van der Waals surface area contributed by atoms with Gasteiger partial charge in [0.1, 0.15) is 5.75 Å². The van der Waals surface area contributed by atoms with Gasteiger partial charge in [0, 0.05) is 9.30 Å². The number of alkyl halides is 1. The Hall–Kier alpha value is -0.0200. The average Bonchev–Trinajstić information content (AvgIpc) is 2.28. The predicted octanol–water partition coefficient (Wildman–Crippen LogP) is 5.33. The molecule has 90 valence electrons. The topological polar surface area (TPSA) is 9.23 Å². The lowest BCUT2D eigenvalue weighted by Gasteiger charge is -2.16. The summed E-state index contributed by atoms with van der Waals surface area (Å²) >= 11 is 7.34. The fourth-order valence-electron chi connectivity index (χ4n) is 1.54. The highest BCUT2D eigenvalue weighted by molar-refractivity contribution is 9.11. The number of hydrogen-bond donors (Lipinski definition) is 0. The van der Waals surface area contributed by atoms with Crippen molar-refractivity contribution < 1.29 is 4.74 Å². The first-order valence-corrected chi connectivity index (χ1v) is 7.26. The molecule has 2 unspecified atom stereocenters. The van der Waals surface area contributed by atoms with Gasteiger partial charge in [-0.15, -0.1) is 0 Å². The fraction of sp³-hybridized carbons (Fsp3) is 0.538. The van der Waals surface area contributed by atoms with Crippen LogP contribution < -0.4 is 4.74 Å². The van der Waals surface area contributed by atoms with Crippen LogP contribution in [-0.2, 0) is 0 Å². The van der Waals surface area contributed by atoms with Crippen LogP contribution in [-0.4, -0.2) is 7.11 Å². The van der Waals surface area contributed by atoms with Gasteiger partial charge < -0.3 is 4.74 Å². The normalized spacial score (nSPS) is 14.6. The van der Waals surface area contributed by atoms with E-state index in [4.69, 9.17) is 4.74 Å². The second-order valence-electron chi connectivity index (χ2n) is 4.10. The largest absolute Gasteiger partial charge is 0.497 e. The summed E-state index contributed by atoms with van der Waals surface area (Å²) in [5, 5.41) is 0. The number of ether oxygens (including phenoxy) is 1. The van der Waals surface area contributed by atoms with Crippen molar-refractivity contribution >= 4 is 31.9 Å². The van der Waals surface area contributed by atoms with Gasteiger partial charge in [0.25, 0.3) is 0 Å². The van der Waals surface area contributed by atoms with E-state index >= 15 is 0 Å². The van der Waals surface area contributed by atoms with E-state index in [-0.39, 0.29) is 0 Å². The molecule has 0 amide bonds. The maximum absolute atomic E-state index is 5.19. The molecule has 3 heteroatoms. The Morgan fingerprint density at radius 3 is 2.56 bits per heavy atom. The summed E-state index contributed by atoms with van der Waals surface area (Å²) in [7, 11) is 1.69. The summed E-state index contributed by atoms with van der Waals surface area (Å²) in [6, 6.07) is 6.13. The van der Waals surface area contributed by atoms with E-state index in [9.17, 15) is 0 Å². The Labute approximate surface area is 115 Å². The van der Waals surface area contributed by atoms with Crippen molar-refractivity contribution in [1.29, 1.82) is 0 Å². The predicted molar refractivity (Wildman–Crippen MR) is 76.4 cm³/mol. The number of hydrogen-bond acceptors (Lipinski definition) is 1. The molecular weight excluding hydrogens is 332 g/mol.